The Bertz CT molecular complexity index is 646. The first kappa shape index (κ1) is 43.3. The number of hydrogen-bond acceptors (Lipinski definition) is 6. The first-order chi connectivity index (χ1) is 22.0. The molecule has 0 aromatic rings. The molecule has 2 N–H and O–H groups in total. The van der Waals surface area contributed by atoms with Crippen molar-refractivity contribution in [2.24, 2.45) is 0 Å². The van der Waals surface area contributed by atoms with E-state index < -0.39 is 0 Å². The molecule has 2 unspecified atom stereocenters. The maximum Gasteiger partial charge on any atom is 0.305 e. The summed E-state index contributed by atoms with van der Waals surface area (Å²) in [4.78, 5) is 23.8. The summed E-state index contributed by atoms with van der Waals surface area (Å²) in [6.45, 7) is 5.02. The van der Waals surface area contributed by atoms with E-state index in [0.29, 0.717) is 32.5 Å². The van der Waals surface area contributed by atoms with Gasteiger partial charge in [-0.25, -0.2) is 0 Å². The van der Waals surface area contributed by atoms with E-state index in [1.165, 1.54) is 38.5 Å². The zero-order valence-corrected chi connectivity index (χ0v) is 29.5. The van der Waals surface area contributed by atoms with Gasteiger partial charge in [-0.1, -0.05) is 128 Å². The lowest BCUT2D eigenvalue weighted by atomic mass is 10.1. The molecule has 6 nitrogen and oxygen atoms in total. The molecular weight excluding hydrogens is 564 g/mol. The van der Waals surface area contributed by atoms with Crippen molar-refractivity contribution in [3.8, 4) is 0 Å². The molecule has 0 fully saturated rings. The number of ether oxygens (including phenoxy) is 2. The van der Waals surface area contributed by atoms with E-state index in [1.807, 2.05) is 0 Å². The maximum atomic E-state index is 11.9. The molecule has 0 heterocycles. The van der Waals surface area contributed by atoms with Crippen LogP contribution in [0.4, 0.5) is 0 Å². The number of carbonyl (C=O) groups is 2. The molecule has 264 valence electrons. The van der Waals surface area contributed by atoms with Gasteiger partial charge >= 0.3 is 11.9 Å². The SMILES string of the molecule is CCCCCCC(O)C/C=C/CCCCCCCC(=O)OCCCOC(=O)CCCCCCC/C=C/CC(O)CCCCCC. The summed E-state index contributed by atoms with van der Waals surface area (Å²) in [6.07, 6.45) is 35.5. The van der Waals surface area contributed by atoms with Gasteiger partial charge in [0.25, 0.3) is 0 Å². The van der Waals surface area contributed by atoms with Gasteiger partial charge in [0.15, 0.2) is 0 Å². The molecule has 0 saturated carbocycles. The molecule has 0 rings (SSSR count). The summed E-state index contributed by atoms with van der Waals surface area (Å²) in [5.74, 6) is -0.327. The lowest BCUT2D eigenvalue weighted by molar-refractivity contribution is -0.146. The Morgan fingerprint density at radius 1 is 0.489 bits per heavy atom. The molecule has 0 aromatic carbocycles. The van der Waals surface area contributed by atoms with Gasteiger partial charge in [0.05, 0.1) is 25.4 Å². The van der Waals surface area contributed by atoms with Crippen LogP contribution in [0.2, 0.25) is 0 Å². The van der Waals surface area contributed by atoms with Crippen LogP contribution in [0.15, 0.2) is 24.3 Å². The largest absolute Gasteiger partial charge is 0.466 e. The Hall–Kier alpha value is -1.66. The normalized spacial score (nSPS) is 13.1. The molecule has 0 bridgehead atoms. The van der Waals surface area contributed by atoms with Crippen molar-refractivity contribution in [2.45, 2.75) is 199 Å². The minimum Gasteiger partial charge on any atom is -0.466 e. The number of hydrogen-bond donors (Lipinski definition) is 2. The third-order valence-corrected chi connectivity index (χ3v) is 8.25. The number of esters is 2. The molecule has 0 amide bonds. The zero-order valence-electron chi connectivity index (χ0n) is 29.5. The van der Waals surface area contributed by atoms with Crippen LogP contribution in [-0.4, -0.2) is 47.6 Å². The zero-order chi connectivity index (χ0) is 33.1. The Balaban J connectivity index is 3.43. The minimum atomic E-state index is -0.195. The van der Waals surface area contributed by atoms with Crippen LogP contribution < -0.4 is 0 Å². The van der Waals surface area contributed by atoms with E-state index in [9.17, 15) is 19.8 Å². The van der Waals surface area contributed by atoms with Crippen LogP contribution in [0.25, 0.3) is 0 Å². The number of aliphatic hydroxyl groups excluding tert-OH is 2. The highest BCUT2D eigenvalue weighted by molar-refractivity contribution is 5.69. The Morgan fingerprint density at radius 3 is 1.29 bits per heavy atom. The number of carbonyl (C=O) groups excluding carboxylic acids is 2. The third-order valence-electron chi connectivity index (χ3n) is 8.25. The van der Waals surface area contributed by atoms with Crippen LogP contribution in [0, 0.1) is 0 Å². The van der Waals surface area contributed by atoms with Crippen molar-refractivity contribution in [3.05, 3.63) is 24.3 Å². The van der Waals surface area contributed by atoms with Crippen molar-refractivity contribution in [1.29, 1.82) is 0 Å². The van der Waals surface area contributed by atoms with E-state index in [-0.39, 0.29) is 24.1 Å². The molecule has 45 heavy (non-hydrogen) atoms. The summed E-state index contributed by atoms with van der Waals surface area (Å²) in [7, 11) is 0. The van der Waals surface area contributed by atoms with E-state index in [2.05, 4.69) is 38.2 Å². The molecule has 0 aromatic heterocycles. The topological polar surface area (TPSA) is 93.1 Å². The summed E-state index contributed by atoms with van der Waals surface area (Å²) >= 11 is 0. The number of unbranched alkanes of at least 4 members (excludes halogenated alkanes) is 16. The Labute approximate surface area is 277 Å². The molecule has 0 aliphatic heterocycles. The molecular formula is C39H72O6. The summed E-state index contributed by atoms with van der Waals surface area (Å²) in [5.41, 5.74) is 0. The van der Waals surface area contributed by atoms with E-state index in [4.69, 9.17) is 9.47 Å². The fourth-order valence-electron chi connectivity index (χ4n) is 5.29. The fourth-order valence-corrected chi connectivity index (χ4v) is 5.29. The standard InChI is InChI=1S/C39H72O6/c1-3-5-7-21-28-36(40)30-23-17-13-9-11-15-19-25-32-38(42)44-34-27-35-45-39(43)33-26-20-16-12-10-14-18-24-31-37(41)29-22-8-6-4-2/h17-18,23-24,36-37,40-41H,3-16,19-22,25-35H2,1-2H3/b23-17+,24-18+. The second kappa shape index (κ2) is 35.2. The predicted octanol–water partition coefficient (Wildman–Crippen LogP) is 10.5. The second-order valence-corrected chi connectivity index (χ2v) is 12.8. The monoisotopic (exact) mass is 637 g/mol. The van der Waals surface area contributed by atoms with Gasteiger partial charge in [0.1, 0.15) is 0 Å². The molecule has 0 saturated heterocycles. The minimum absolute atomic E-state index is 0.164. The fraction of sp³-hybridized carbons (Fsp3) is 0.846. The summed E-state index contributed by atoms with van der Waals surface area (Å²) in [5, 5.41) is 20.0. The van der Waals surface area contributed by atoms with Gasteiger partial charge in [-0.2, -0.15) is 0 Å². The highest BCUT2D eigenvalue weighted by Gasteiger charge is 2.06. The summed E-state index contributed by atoms with van der Waals surface area (Å²) in [6, 6.07) is 0. The molecule has 0 aliphatic rings. The van der Waals surface area contributed by atoms with Gasteiger partial charge in [-0.3, -0.25) is 9.59 Å². The quantitative estimate of drug-likeness (QED) is 0.0415. The van der Waals surface area contributed by atoms with Gasteiger partial charge in [-0.05, 0) is 64.2 Å². The van der Waals surface area contributed by atoms with Crippen molar-refractivity contribution < 1.29 is 29.3 Å². The van der Waals surface area contributed by atoms with Crippen molar-refractivity contribution in [3.63, 3.8) is 0 Å². The van der Waals surface area contributed by atoms with Crippen molar-refractivity contribution >= 4 is 11.9 Å². The van der Waals surface area contributed by atoms with Crippen molar-refractivity contribution in [1.82, 2.24) is 0 Å². The van der Waals surface area contributed by atoms with E-state index in [1.54, 1.807) is 0 Å². The molecule has 2 atom stereocenters. The van der Waals surface area contributed by atoms with Crippen LogP contribution >= 0.6 is 0 Å². The van der Waals surface area contributed by atoms with Gasteiger partial charge in [0.2, 0.25) is 0 Å². The highest BCUT2D eigenvalue weighted by atomic mass is 16.5. The average molecular weight is 637 g/mol. The molecule has 0 radical (unpaired) electrons. The van der Waals surface area contributed by atoms with Gasteiger partial charge < -0.3 is 19.7 Å². The first-order valence-electron chi connectivity index (χ1n) is 19.0. The Morgan fingerprint density at radius 2 is 0.867 bits per heavy atom. The van der Waals surface area contributed by atoms with Crippen LogP contribution in [0.5, 0.6) is 0 Å². The van der Waals surface area contributed by atoms with Gasteiger partial charge in [-0.15, -0.1) is 0 Å². The van der Waals surface area contributed by atoms with E-state index >= 15 is 0 Å². The number of rotatable bonds is 34. The number of allylic oxidation sites excluding steroid dienone is 2. The number of aliphatic hydroxyl groups is 2. The Kier molecular flexibility index (Phi) is 33.9. The smallest absolute Gasteiger partial charge is 0.305 e. The third kappa shape index (κ3) is 35.0. The van der Waals surface area contributed by atoms with Crippen molar-refractivity contribution in [2.75, 3.05) is 13.2 Å². The van der Waals surface area contributed by atoms with E-state index in [0.717, 1.165) is 116 Å². The molecule has 0 spiro atoms. The molecule has 0 aliphatic carbocycles. The lowest BCUT2D eigenvalue weighted by Crippen LogP contribution is -2.10. The highest BCUT2D eigenvalue weighted by Crippen LogP contribution is 2.12. The first-order valence-corrected chi connectivity index (χ1v) is 19.0. The summed E-state index contributed by atoms with van der Waals surface area (Å²) < 4.78 is 10.5. The lowest BCUT2D eigenvalue weighted by Gasteiger charge is -2.07. The van der Waals surface area contributed by atoms with Crippen LogP contribution in [0.3, 0.4) is 0 Å². The van der Waals surface area contributed by atoms with Crippen LogP contribution in [-0.2, 0) is 19.1 Å². The predicted molar refractivity (Wildman–Crippen MR) is 188 cm³/mol. The van der Waals surface area contributed by atoms with Crippen LogP contribution in [0.1, 0.15) is 187 Å². The maximum absolute atomic E-state index is 11.9. The molecule has 6 heteroatoms. The average Bonchev–Trinajstić information content (AvgIpc) is 3.03. The van der Waals surface area contributed by atoms with Gasteiger partial charge in [0, 0.05) is 19.3 Å². The second-order valence-electron chi connectivity index (χ2n) is 12.8.